The molecule has 146 valence electrons. The normalized spacial score (nSPS) is 21.9. The van der Waals surface area contributed by atoms with Gasteiger partial charge in [-0.2, -0.15) is 10.4 Å². The average molecular weight is 379 g/mol. The van der Waals surface area contributed by atoms with Gasteiger partial charge in [-0.3, -0.25) is 9.48 Å². The second-order valence-electron chi connectivity index (χ2n) is 7.54. The molecule has 0 spiro atoms. The fraction of sp³-hybridized carbons (Fsp3) is 0.476. The molecule has 2 aromatic rings. The molecule has 1 aromatic heterocycles. The summed E-state index contributed by atoms with van der Waals surface area (Å²) >= 11 is 0. The van der Waals surface area contributed by atoms with Crippen LogP contribution in [0.5, 0.6) is 0 Å². The lowest BCUT2D eigenvalue weighted by molar-refractivity contribution is -0.00906. The minimum atomic E-state index is -0.0582. The lowest BCUT2D eigenvalue weighted by Gasteiger charge is -2.36. The third kappa shape index (κ3) is 3.14. The molecule has 2 aliphatic rings. The summed E-state index contributed by atoms with van der Waals surface area (Å²) < 4.78 is 7.69. The molecular formula is C21H25N5O2. The van der Waals surface area contributed by atoms with E-state index in [-0.39, 0.29) is 18.1 Å². The van der Waals surface area contributed by atoms with Gasteiger partial charge in [-0.05, 0) is 26.0 Å². The smallest absolute Gasteiger partial charge is 0.274 e. The Morgan fingerprint density at radius 1 is 1.21 bits per heavy atom. The zero-order valence-electron chi connectivity index (χ0n) is 16.6. The fourth-order valence-corrected chi connectivity index (χ4v) is 4.36. The zero-order chi connectivity index (χ0) is 19.8. The second kappa shape index (κ2) is 7.28. The number of anilines is 1. The quantitative estimate of drug-likeness (QED) is 0.800. The zero-order valence-corrected chi connectivity index (χ0v) is 16.6. The predicted molar refractivity (Wildman–Crippen MR) is 105 cm³/mol. The van der Waals surface area contributed by atoms with E-state index in [0.29, 0.717) is 43.9 Å². The van der Waals surface area contributed by atoms with Gasteiger partial charge in [0, 0.05) is 45.2 Å². The van der Waals surface area contributed by atoms with Crippen LogP contribution in [0.15, 0.2) is 24.3 Å². The number of aromatic nitrogens is 2. The molecule has 3 heterocycles. The number of nitriles is 1. The van der Waals surface area contributed by atoms with E-state index in [2.05, 4.69) is 16.1 Å². The van der Waals surface area contributed by atoms with Crippen LogP contribution in [0.4, 0.5) is 5.69 Å². The van der Waals surface area contributed by atoms with E-state index in [4.69, 9.17) is 4.74 Å². The van der Waals surface area contributed by atoms with E-state index in [9.17, 15) is 10.1 Å². The minimum Gasteiger partial charge on any atom is -0.369 e. The number of amides is 1. The number of fused-ring (bicyclic) bond motifs is 1. The molecule has 28 heavy (non-hydrogen) atoms. The van der Waals surface area contributed by atoms with Crippen LogP contribution in [0.3, 0.4) is 0 Å². The van der Waals surface area contributed by atoms with Gasteiger partial charge in [0.2, 0.25) is 0 Å². The van der Waals surface area contributed by atoms with Gasteiger partial charge in [-0.25, -0.2) is 0 Å². The van der Waals surface area contributed by atoms with Crippen LogP contribution in [0.25, 0.3) is 0 Å². The van der Waals surface area contributed by atoms with E-state index in [0.717, 1.165) is 16.9 Å². The van der Waals surface area contributed by atoms with Crippen LogP contribution in [-0.2, 0) is 18.2 Å². The molecule has 2 aliphatic heterocycles. The Kier molecular flexibility index (Phi) is 4.82. The van der Waals surface area contributed by atoms with E-state index >= 15 is 0 Å². The summed E-state index contributed by atoms with van der Waals surface area (Å²) in [5, 5.41) is 13.9. The summed E-state index contributed by atoms with van der Waals surface area (Å²) in [6.07, 6.45) is 0.735. The van der Waals surface area contributed by atoms with Gasteiger partial charge in [0.05, 0.1) is 29.2 Å². The Balaban J connectivity index is 1.51. The second-order valence-corrected chi connectivity index (χ2v) is 7.54. The first-order chi connectivity index (χ1) is 13.5. The highest BCUT2D eigenvalue weighted by Gasteiger charge is 2.34. The molecule has 7 nitrogen and oxygen atoms in total. The van der Waals surface area contributed by atoms with Crippen molar-refractivity contribution in [3.8, 4) is 6.07 Å². The van der Waals surface area contributed by atoms with Crippen LogP contribution in [0.2, 0.25) is 0 Å². The van der Waals surface area contributed by atoms with Gasteiger partial charge in [0.1, 0.15) is 6.07 Å². The molecule has 0 radical (unpaired) electrons. The molecule has 1 amide bonds. The highest BCUT2D eigenvalue weighted by atomic mass is 16.5. The van der Waals surface area contributed by atoms with Crippen molar-refractivity contribution in [2.45, 2.75) is 32.5 Å². The van der Waals surface area contributed by atoms with Gasteiger partial charge in [0.25, 0.3) is 5.91 Å². The van der Waals surface area contributed by atoms with E-state index in [1.54, 1.807) is 4.68 Å². The van der Waals surface area contributed by atoms with Crippen molar-refractivity contribution < 1.29 is 9.53 Å². The topological polar surface area (TPSA) is 74.4 Å². The molecule has 0 bridgehead atoms. The lowest BCUT2D eigenvalue weighted by atomic mass is 9.99. The molecule has 2 atom stereocenters. The lowest BCUT2D eigenvalue weighted by Crippen LogP contribution is -2.49. The van der Waals surface area contributed by atoms with Crippen molar-refractivity contribution in [2.24, 2.45) is 7.05 Å². The van der Waals surface area contributed by atoms with Crippen LogP contribution in [-0.4, -0.2) is 52.9 Å². The standard InChI is InChI=1S/C21H25N5O2/c1-14-12-17-19(23-24(3)20(17)15(2)28-14)21(27)26-10-8-25(9-11-26)18-7-5-4-6-16(18)13-22/h4-7,14-15H,8-12H2,1-3H3/t14-,15+/m1/s1. The Labute approximate surface area is 165 Å². The molecule has 1 aromatic carbocycles. The Bertz CT molecular complexity index is 937. The summed E-state index contributed by atoms with van der Waals surface area (Å²) in [7, 11) is 1.88. The van der Waals surface area contributed by atoms with E-state index in [1.165, 1.54) is 0 Å². The van der Waals surface area contributed by atoms with Crippen LogP contribution < -0.4 is 4.90 Å². The maximum absolute atomic E-state index is 13.2. The number of ether oxygens (including phenoxy) is 1. The highest BCUT2D eigenvalue weighted by Crippen LogP contribution is 2.32. The Hall–Kier alpha value is -2.85. The van der Waals surface area contributed by atoms with Crippen LogP contribution in [0, 0.1) is 11.3 Å². The first-order valence-corrected chi connectivity index (χ1v) is 9.74. The number of nitrogens with zero attached hydrogens (tertiary/aromatic N) is 5. The molecular weight excluding hydrogens is 354 g/mol. The summed E-state index contributed by atoms with van der Waals surface area (Å²) in [5.41, 5.74) is 4.19. The maximum Gasteiger partial charge on any atom is 0.274 e. The van der Waals surface area contributed by atoms with Crippen molar-refractivity contribution in [1.29, 1.82) is 5.26 Å². The number of aryl methyl sites for hydroxylation is 1. The van der Waals surface area contributed by atoms with Crippen molar-refractivity contribution in [3.63, 3.8) is 0 Å². The van der Waals surface area contributed by atoms with E-state index < -0.39 is 0 Å². The molecule has 1 fully saturated rings. The number of carbonyl (C=O) groups is 1. The van der Waals surface area contributed by atoms with Gasteiger partial charge in [0.15, 0.2) is 5.69 Å². The molecule has 7 heteroatoms. The SMILES string of the molecule is C[C@@H]1Cc2c(C(=O)N3CCN(c4ccccc4C#N)CC3)nn(C)c2[C@H](C)O1. The molecule has 1 saturated heterocycles. The molecule has 0 saturated carbocycles. The number of benzene rings is 1. The molecule has 4 rings (SSSR count). The predicted octanol–water partition coefficient (Wildman–Crippen LogP) is 2.28. The third-order valence-corrected chi connectivity index (χ3v) is 5.64. The summed E-state index contributed by atoms with van der Waals surface area (Å²) in [6.45, 7) is 6.68. The maximum atomic E-state index is 13.2. The van der Waals surface area contributed by atoms with Gasteiger partial charge < -0.3 is 14.5 Å². The van der Waals surface area contributed by atoms with Crippen molar-refractivity contribution in [1.82, 2.24) is 14.7 Å². The van der Waals surface area contributed by atoms with Crippen molar-refractivity contribution in [3.05, 3.63) is 46.8 Å². The largest absolute Gasteiger partial charge is 0.369 e. The Morgan fingerprint density at radius 3 is 2.64 bits per heavy atom. The highest BCUT2D eigenvalue weighted by molar-refractivity contribution is 5.94. The third-order valence-electron chi connectivity index (χ3n) is 5.64. The van der Waals surface area contributed by atoms with Gasteiger partial charge in [-0.1, -0.05) is 12.1 Å². The number of piperazine rings is 1. The van der Waals surface area contributed by atoms with E-state index in [1.807, 2.05) is 50.1 Å². The van der Waals surface area contributed by atoms with Gasteiger partial charge >= 0.3 is 0 Å². The number of hydrogen-bond donors (Lipinski definition) is 0. The fourth-order valence-electron chi connectivity index (χ4n) is 4.36. The summed E-state index contributed by atoms with van der Waals surface area (Å²) in [6, 6.07) is 9.86. The van der Waals surface area contributed by atoms with Crippen LogP contribution in [0.1, 0.15) is 47.3 Å². The van der Waals surface area contributed by atoms with Crippen molar-refractivity contribution in [2.75, 3.05) is 31.1 Å². The minimum absolute atomic E-state index is 0.00799. The molecule has 0 aliphatic carbocycles. The van der Waals surface area contributed by atoms with Crippen molar-refractivity contribution >= 4 is 11.6 Å². The van der Waals surface area contributed by atoms with Gasteiger partial charge in [-0.15, -0.1) is 0 Å². The first kappa shape index (κ1) is 18.5. The number of carbonyl (C=O) groups excluding carboxylic acids is 1. The molecule has 0 unspecified atom stereocenters. The van der Waals surface area contributed by atoms with Crippen LogP contribution >= 0.6 is 0 Å². The number of hydrogen-bond acceptors (Lipinski definition) is 5. The molecule has 0 N–H and O–H groups in total. The average Bonchev–Trinajstić information content (AvgIpc) is 3.04. The number of para-hydroxylation sites is 1. The first-order valence-electron chi connectivity index (χ1n) is 9.74. The Morgan fingerprint density at radius 2 is 1.93 bits per heavy atom. The number of rotatable bonds is 2. The summed E-state index contributed by atoms with van der Waals surface area (Å²) in [4.78, 5) is 17.3. The summed E-state index contributed by atoms with van der Waals surface area (Å²) in [5.74, 6) is -0.00799. The monoisotopic (exact) mass is 379 g/mol.